The number of rotatable bonds is 6. The van der Waals surface area contributed by atoms with Gasteiger partial charge in [-0.1, -0.05) is 115 Å². The lowest BCUT2D eigenvalue weighted by molar-refractivity contribution is 0.312. The molecule has 1 saturated heterocycles. The highest BCUT2D eigenvalue weighted by Gasteiger charge is 2.30. The Morgan fingerprint density at radius 2 is 1.72 bits per heavy atom. The third kappa shape index (κ3) is 10.1. The van der Waals surface area contributed by atoms with E-state index in [1.54, 1.807) is 11.1 Å². The first kappa shape index (κ1) is 37.0. The van der Waals surface area contributed by atoms with Crippen LogP contribution in [-0.2, 0) is 6.54 Å². The zero-order valence-corrected chi connectivity index (χ0v) is 29.7. The van der Waals surface area contributed by atoms with Gasteiger partial charge in [0, 0.05) is 47.1 Å². The molecule has 1 fully saturated rings. The van der Waals surface area contributed by atoms with E-state index in [9.17, 15) is 0 Å². The molecule has 3 atom stereocenters. The average Bonchev–Trinajstić information content (AvgIpc) is 3.16. The maximum Gasteiger partial charge on any atom is 0.0492 e. The Hall–Kier alpha value is -2.23. The van der Waals surface area contributed by atoms with Gasteiger partial charge in [0.2, 0.25) is 0 Å². The van der Waals surface area contributed by atoms with Crippen molar-refractivity contribution in [3.63, 3.8) is 0 Å². The van der Waals surface area contributed by atoms with Crippen LogP contribution in [0.15, 0.2) is 72.9 Å². The van der Waals surface area contributed by atoms with E-state index in [1.807, 2.05) is 27.7 Å². The van der Waals surface area contributed by atoms with Gasteiger partial charge in [0.05, 0.1) is 0 Å². The molecular weight excluding hydrogens is 541 g/mol. The van der Waals surface area contributed by atoms with Crippen LogP contribution >= 0.6 is 12.6 Å². The lowest BCUT2D eigenvalue weighted by atomic mass is 9.81. The Morgan fingerprint density at radius 3 is 2.35 bits per heavy atom. The number of benzene rings is 1. The number of hydrogen-bond acceptors (Lipinski definition) is 2. The molecule has 3 unspecified atom stereocenters. The standard InChI is InChI=1S/C27H33NS.C9H17N.2C2H6/c1-4-17-28-25-18-22(20(3)29)15-16-24(25)26(21-12-7-5-6-8-13-21)27(28)23-14-10-9-11-19(23)2;1-3-4-9-5-7-10(2)8-6-9;2*1-2/h5,7,9-11,14-16,18-19,21,23,29H,3-4,6,8,12-13,17H2,1-2H3;4H,3,5-8H2,1-2H3;2*1-2H3. The molecule has 0 bridgehead atoms. The minimum Gasteiger partial charge on any atom is -0.344 e. The van der Waals surface area contributed by atoms with Gasteiger partial charge < -0.3 is 9.47 Å². The molecule has 238 valence electrons. The highest BCUT2D eigenvalue weighted by Crippen LogP contribution is 2.44. The fraction of sp³-hybridized carbons (Fsp3) is 0.550. The van der Waals surface area contributed by atoms with Gasteiger partial charge in [0.15, 0.2) is 0 Å². The van der Waals surface area contributed by atoms with Crippen LogP contribution in [-0.4, -0.2) is 29.6 Å². The number of nitrogens with zero attached hydrogens (tertiary/aromatic N) is 2. The van der Waals surface area contributed by atoms with Gasteiger partial charge in [-0.3, -0.25) is 0 Å². The van der Waals surface area contributed by atoms with Crippen molar-refractivity contribution in [2.24, 2.45) is 5.92 Å². The summed E-state index contributed by atoms with van der Waals surface area (Å²) >= 11 is 4.53. The maximum atomic E-state index is 4.53. The van der Waals surface area contributed by atoms with Crippen molar-refractivity contribution in [2.75, 3.05) is 20.1 Å². The molecule has 3 heteroatoms. The highest BCUT2D eigenvalue weighted by molar-refractivity contribution is 7.90. The third-order valence-corrected chi connectivity index (χ3v) is 8.95. The monoisotopic (exact) mass is 602 g/mol. The predicted octanol–water partition coefficient (Wildman–Crippen LogP) is 12.1. The second-order valence-electron chi connectivity index (χ2n) is 11.7. The maximum absolute atomic E-state index is 4.53. The van der Waals surface area contributed by atoms with Crippen LogP contribution in [0.5, 0.6) is 0 Å². The van der Waals surface area contributed by atoms with Gasteiger partial charge >= 0.3 is 0 Å². The van der Waals surface area contributed by atoms with E-state index in [0.717, 1.165) is 29.9 Å². The number of aromatic nitrogens is 1. The Morgan fingerprint density at radius 1 is 1.02 bits per heavy atom. The van der Waals surface area contributed by atoms with E-state index in [1.165, 1.54) is 68.2 Å². The molecule has 0 radical (unpaired) electrons. The third-order valence-electron chi connectivity index (χ3n) is 8.69. The van der Waals surface area contributed by atoms with E-state index in [2.05, 4.69) is 117 Å². The summed E-state index contributed by atoms with van der Waals surface area (Å²) in [5.74, 6) is 1.55. The van der Waals surface area contributed by atoms with E-state index in [4.69, 9.17) is 0 Å². The van der Waals surface area contributed by atoms with Crippen molar-refractivity contribution in [2.45, 2.75) is 118 Å². The summed E-state index contributed by atoms with van der Waals surface area (Å²) in [7, 11) is 2.20. The number of hydrogen-bond donors (Lipinski definition) is 1. The Bertz CT molecular complexity index is 1230. The molecule has 1 aliphatic heterocycles. The molecule has 2 nitrogen and oxygen atoms in total. The van der Waals surface area contributed by atoms with Gasteiger partial charge in [0.25, 0.3) is 0 Å². The van der Waals surface area contributed by atoms with E-state index in [0.29, 0.717) is 17.8 Å². The number of aryl methyl sites for hydroxylation is 1. The second kappa shape index (κ2) is 19.9. The van der Waals surface area contributed by atoms with Crippen molar-refractivity contribution in [3.05, 3.63) is 89.7 Å². The molecule has 1 aromatic heterocycles. The quantitative estimate of drug-likeness (QED) is 0.255. The fourth-order valence-electron chi connectivity index (χ4n) is 6.53. The minimum absolute atomic E-state index is 0.434. The molecule has 3 aliphatic rings. The molecule has 0 saturated carbocycles. The topological polar surface area (TPSA) is 8.17 Å². The zero-order chi connectivity index (χ0) is 31.8. The summed E-state index contributed by atoms with van der Waals surface area (Å²) in [6.45, 7) is 22.5. The van der Waals surface area contributed by atoms with E-state index < -0.39 is 0 Å². The normalized spacial score (nSPS) is 21.5. The van der Waals surface area contributed by atoms with Crippen LogP contribution < -0.4 is 0 Å². The van der Waals surface area contributed by atoms with Crippen LogP contribution in [0.25, 0.3) is 15.8 Å². The molecule has 0 N–H and O–H groups in total. The highest BCUT2D eigenvalue weighted by atomic mass is 32.1. The summed E-state index contributed by atoms with van der Waals surface area (Å²) in [6, 6.07) is 6.85. The first-order valence-corrected chi connectivity index (χ1v) is 17.8. The van der Waals surface area contributed by atoms with Gasteiger partial charge in [-0.15, -0.1) is 12.6 Å². The molecule has 0 spiro atoms. The van der Waals surface area contributed by atoms with Crippen LogP contribution in [0, 0.1) is 5.92 Å². The first-order chi connectivity index (χ1) is 20.9. The average molecular weight is 603 g/mol. The molecule has 2 heterocycles. The first-order valence-electron chi connectivity index (χ1n) is 17.3. The number of fused-ring (bicyclic) bond motifs is 1. The number of thiol groups is 1. The van der Waals surface area contributed by atoms with Crippen molar-refractivity contribution < 1.29 is 0 Å². The number of likely N-dealkylation sites (tertiary alicyclic amines) is 1. The summed E-state index contributed by atoms with van der Waals surface area (Å²) < 4.78 is 2.62. The van der Waals surface area contributed by atoms with Gasteiger partial charge in [-0.25, -0.2) is 0 Å². The van der Waals surface area contributed by atoms with Crippen LogP contribution in [0.2, 0.25) is 0 Å². The zero-order valence-electron chi connectivity index (χ0n) is 28.8. The lowest BCUT2D eigenvalue weighted by Gasteiger charge is -2.27. The smallest absolute Gasteiger partial charge is 0.0492 e. The Kier molecular flexibility index (Phi) is 17.1. The summed E-state index contributed by atoms with van der Waals surface area (Å²) in [6.07, 6.45) is 26.2. The summed E-state index contributed by atoms with van der Waals surface area (Å²) in [5, 5.41) is 1.43. The minimum atomic E-state index is 0.434. The van der Waals surface area contributed by atoms with E-state index >= 15 is 0 Å². The van der Waals surface area contributed by atoms with Crippen molar-refractivity contribution >= 4 is 28.4 Å². The molecule has 2 aliphatic carbocycles. The molecule has 2 aromatic rings. The Balaban J connectivity index is 0.000000387. The van der Waals surface area contributed by atoms with Gasteiger partial charge in [-0.2, -0.15) is 0 Å². The fourth-order valence-corrected chi connectivity index (χ4v) is 6.66. The largest absolute Gasteiger partial charge is 0.344 e. The van der Waals surface area contributed by atoms with Crippen molar-refractivity contribution in [1.29, 1.82) is 0 Å². The molecule has 5 rings (SSSR count). The van der Waals surface area contributed by atoms with Crippen molar-refractivity contribution in [1.82, 2.24) is 9.47 Å². The summed E-state index contributed by atoms with van der Waals surface area (Å²) in [5.41, 5.74) is 7.28. The predicted molar refractivity (Wildman–Crippen MR) is 199 cm³/mol. The van der Waals surface area contributed by atoms with Crippen molar-refractivity contribution in [3.8, 4) is 0 Å². The lowest BCUT2D eigenvalue weighted by Crippen LogP contribution is -2.26. The molecule has 1 aromatic carbocycles. The molecular formula is C40H62N2S. The van der Waals surface area contributed by atoms with Gasteiger partial charge in [0.1, 0.15) is 0 Å². The summed E-state index contributed by atoms with van der Waals surface area (Å²) in [4.78, 5) is 3.23. The van der Waals surface area contributed by atoms with Gasteiger partial charge in [-0.05, 0) is 87.4 Å². The van der Waals surface area contributed by atoms with E-state index in [-0.39, 0.29) is 0 Å². The van der Waals surface area contributed by atoms with Crippen LogP contribution in [0.3, 0.4) is 0 Å². The number of piperidine rings is 1. The number of allylic oxidation sites excluding steroid dienone is 7. The molecule has 43 heavy (non-hydrogen) atoms. The SMILES string of the molecule is C=C(S)c1ccc2c(C3CC=CCCC3)c(C3C=CC=CC3C)n(CCC)c2c1.CC.CC.CCC=C1CCN(C)CC1. The second-order valence-corrected chi connectivity index (χ2v) is 12.2. The van der Waals surface area contributed by atoms with Crippen LogP contribution in [0.1, 0.15) is 128 Å². The Labute approximate surface area is 271 Å². The van der Waals surface area contributed by atoms with Crippen LogP contribution in [0.4, 0.5) is 0 Å². The molecule has 0 amide bonds.